The number of benzene rings is 1. The van der Waals surface area contributed by atoms with Crippen LogP contribution in [0.1, 0.15) is 21.6 Å². The second-order valence-corrected chi connectivity index (χ2v) is 7.38. The van der Waals surface area contributed by atoms with Gasteiger partial charge in [0.15, 0.2) is 0 Å². The largest absolute Gasteiger partial charge is 0.321 e. The minimum atomic E-state index is -0.122. The molecular formula is C19H23BrN4O. The van der Waals surface area contributed by atoms with Crippen LogP contribution in [0.4, 0.5) is 5.69 Å². The fourth-order valence-corrected chi connectivity index (χ4v) is 3.15. The van der Waals surface area contributed by atoms with Crippen molar-refractivity contribution >= 4 is 27.5 Å². The van der Waals surface area contributed by atoms with E-state index in [9.17, 15) is 4.79 Å². The fourth-order valence-electron chi connectivity index (χ4n) is 2.80. The maximum atomic E-state index is 12.4. The SMILES string of the molecule is Cc1ncc(NC(=O)c2ccc(CN3CCN(C)CC3)cc2)cc1Br. The number of likely N-dealkylation sites (N-methyl/N-ethyl adjacent to an activating group) is 1. The smallest absolute Gasteiger partial charge is 0.255 e. The van der Waals surface area contributed by atoms with Gasteiger partial charge < -0.3 is 10.2 Å². The van der Waals surface area contributed by atoms with Gasteiger partial charge in [-0.2, -0.15) is 0 Å². The minimum absolute atomic E-state index is 0.122. The number of anilines is 1. The monoisotopic (exact) mass is 402 g/mol. The Morgan fingerprint density at radius 3 is 2.52 bits per heavy atom. The molecule has 3 rings (SSSR count). The Hall–Kier alpha value is -1.76. The Bertz CT molecular complexity index is 740. The number of aryl methyl sites for hydroxylation is 1. The molecule has 0 spiro atoms. The van der Waals surface area contributed by atoms with Crippen LogP contribution in [0.15, 0.2) is 41.0 Å². The predicted octanol–water partition coefficient (Wildman–Crippen LogP) is 3.15. The molecule has 1 aliphatic heterocycles. The van der Waals surface area contributed by atoms with Gasteiger partial charge in [0.2, 0.25) is 0 Å². The third-order valence-electron chi connectivity index (χ3n) is 4.50. The number of carbonyl (C=O) groups is 1. The van der Waals surface area contributed by atoms with Gasteiger partial charge in [-0.25, -0.2) is 0 Å². The van der Waals surface area contributed by atoms with Crippen LogP contribution in [0.25, 0.3) is 0 Å². The number of carbonyl (C=O) groups excluding carboxylic acids is 1. The number of hydrogen-bond donors (Lipinski definition) is 1. The highest BCUT2D eigenvalue weighted by Gasteiger charge is 2.14. The van der Waals surface area contributed by atoms with Gasteiger partial charge in [0.05, 0.1) is 17.6 Å². The molecule has 1 aromatic heterocycles. The standard InChI is InChI=1S/C19H23BrN4O/c1-14-18(20)11-17(12-21-14)22-19(25)16-5-3-15(4-6-16)13-24-9-7-23(2)8-10-24/h3-6,11-12H,7-10,13H2,1-2H3,(H,22,25). The van der Waals surface area contributed by atoms with Crippen LogP contribution in [0.5, 0.6) is 0 Å². The Balaban J connectivity index is 1.59. The van der Waals surface area contributed by atoms with Crippen LogP contribution in [-0.4, -0.2) is 53.9 Å². The van der Waals surface area contributed by atoms with Crippen LogP contribution in [0.2, 0.25) is 0 Å². The quantitative estimate of drug-likeness (QED) is 0.852. The lowest BCUT2D eigenvalue weighted by Crippen LogP contribution is -2.43. The van der Waals surface area contributed by atoms with E-state index in [0.29, 0.717) is 11.3 Å². The van der Waals surface area contributed by atoms with Gasteiger partial charge in [-0.3, -0.25) is 14.7 Å². The van der Waals surface area contributed by atoms with E-state index in [1.165, 1.54) is 5.56 Å². The van der Waals surface area contributed by atoms with Crippen molar-refractivity contribution in [2.45, 2.75) is 13.5 Å². The van der Waals surface area contributed by atoms with Gasteiger partial charge in [0.25, 0.3) is 5.91 Å². The molecule has 0 radical (unpaired) electrons. The third kappa shape index (κ3) is 4.87. The number of aromatic nitrogens is 1. The van der Waals surface area contributed by atoms with E-state index >= 15 is 0 Å². The molecule has 0 atom stereocenters. The van der Waals surface area contributed by atoms with Crippen LogP contribution < -0.4 is 5.32 Å². The van der Waals surface area contributed by atoms with Crippen molar-refractivity contribution in [3.8, 4) is 0 Å². The maximum Gasteiger partial charge on any atom is 0.255 e. The number of pyridine rings is 1. The highest BCUT2D eigenvalue weighted by atomic mass is 79.9. The van der Waals surface area contributed by atoms with Crippen molar-refractivity contribution in [1.82, 2.24) is 14.8 Å². The number of rotatable bonds is 4. The second-order valence-electron chi connectivity index (χ2n) is 6.52. The van der Waals surface area contributed by atoms with Crippen molar-refractivity contribution in [3.63, 3.8) is 0 Å². The number of hydrogen-bond acceptors (Lipinski definition) is 4. The van der Waals surface area contributed by atoms with Gasteiger partial charge in [-0.1, -0.05) is 12.1 Å². The number of piperazine rings is 1. The zero-order valence-electron chi connectivity index (χ0n) is 14.6. The summed E-state index contributed by atoms with van der Waals surface area (Å²) in [4.78, 5) is 21.4. The summed E-state index contributed by atoms with van der Waals surface area (Å²) in [7, 11) is 2.16. The first-order chi connectivity index (χ1) is 12.0. The molecule has 6 heteroatoms. The molecule has 25 heavy (non-hydrogen) atoms. The van der Waals surface area contributed by atoms with E-state index in [-0.39, 0.29) is 5.91 Å². The van der Waals surface area contributed by atoms with Crippen LogP contribution in [-0.2, 0) is 6.54 Å². The highest BCUT2D eigenvalue weighted by Crippen LogP contribution is 2.19. The summed E-state index contributed by atoms with van der Waals surface area (Å²) in [5.74, 6) is -0.122. The Labute approximate surface area is 157 Å². The maximum absolute atomic E-state index is 12.4. The summed E-state index contributed by atoms with van der Waals surface area (Å²) in [6.45, 7) is 7.25. The van der Waals surface area contributed by atoms with E-state index < -0.39 is 0 Å². The number of nitrogens with one attached hydrogen (secondary N) is 1. The lowest BCUT2D eigenvalue weighted by Gasteiger charge is -2.32. The van der Waals surface area contributed by atoms with E-state index in [2.05, 4.69) is 43.1 Å². The first-order valence-corrected chi connectivity index (χ1v) is 9.24. The molecule has 1 N–H and O–H groups in total. The summed E-state index contributed by atoms with van der Waals surface area (Å²) in [6, 6.07) is 9.71. The highest BCUT2D eigenvalue weighted by molar-refractivity contribution is 9.10. The first kappa shape index (κ1) is 18.0. The average molecular weight is 403 g/mol. The summed E-state index contributed by atoms with van der Waals surface area (Å²) < 4.78 is 0.882. The van der Waals surface area contributed by atoms with Crippen molar-refractivity contribution in [3.05, 3.63) is 57.8 Å². The lowest BCUT2D eigenvalue weighted by molar-refractivity contribution is 0.102. The summed E-state index contributed by atoms with van der Waals surface area (Å²) in [5.41, 5.74) is 3.47. The number of halogens is 1. The zero-order chi connectivity index (χ0) is 17.8. The molecule has 0 saturated carbocycles. The molecule has 0 aliphatic carbocycles. The normalized spacial score (nSPS) is 16.0. The Kier molecular flexibility index (Phi) is 5.83. The zero-order valence-corrected chi connectivity index (χ0v) is 16.2. The summed E-state index contributed by atoms with van der Waals surface area (Å²) in [6.07, 6.45) is 1.67. The van der Waals surface area contributed by atoms with Gasteiger partial charge in [-0.05, 0) is 53.7 Å². The molecule has 2 aromatic rings. The fraction of sp³-hybridized carbons (Fsp3) is 0.368. The Morgan fingerprint density at radius 1 is 1.20 bits per heavy atom. The molecular weight excluding hydrogens is 380 g/mol. The molecule has 132 valence electrons. The lowest BCUT2D eigenvalue weighted by atomic mass is 10.1. The molecule has 1 saturated heterocycles. The number of amides is 1. The van der Waals surface area contributed by atoms with Crippen LogP contribution >= 0.6 is 15.9 Å². The van der Waals surface area contributed by atoms with Crippen molar-refractivity contribution < 1.29 is 4.79 Å². The van der Waals surface area contributed by atoms with Crippen molar-refractivity contribution in [1.29, 1.82) is 0 Å². The van der Waals surface area contributed by atoms with Crippen molar-refractivity contribution in [2.24, 2.45) is 0 Å². The molecule has 2 heterocycles. The molecule has 0 bridgehead atoms. The number of nitrogens with zero attached hydrogens (tertiary/aromatic N) is 3. The molecule has 1 fully saturated rings. The van der Waals surface area contributed by atoms with E-state index in [0.717, 1.165) is 42.9 Å². The second kappa shape index (κ2) is 8.08. The summed E-state index contributed by atoms with van der Waals surface area (Å²) in [5, 5.41) is 2.88. The molecule has 5 nitrogen and oxygen atoms in total. The third-order valence-corrected chi connectivity index (χ3v) is 5.30. The molecule has 1 aliphatic rings. The van der Waals surface area contributed by atoms with Gasteiger partial charge >= 0.3 is 0 Å². The molecule has 1 amide bonds. The van der Waals surface area contributed by atoms with E-state index in [1.807, 2.05) is 37.3 Å². The topological polar surface area (TPSA) is 48.5 Å². The van der Waals surface area contributed by atoms with Gasteiger partial charge in [0.1, 0.15) is 0 Å². The van der Waals surface area contributed by atoms with Crippen LogP contribution in [0.3, 0.4) is 0 Å². The van der Waals surface area contributed by atoms with E-state index in [4.69, 9.17) is 0 Å². The van der Waals surface area contributed by atoms with Crippen LogP contribution in [0, 0.1) is 6.92 Å². The first-order valence-electron chi connectivity index (χ1n) is 8.44. The Morgan fingerprint density at radius 2 is 1.88 bits per heavy atom. The average Bonchev–Trinajstić information content (AvgIpc) is 2.61. The van der Waals surface area contributed by atoms with Crippen molar-refractivity contribution in [2.75, 3.05) is 38.5 Å². The minimum Gasteiger partial charge on any atom is -0.321 e. The summed E-state index contributed by atoms with van der Waals surface area (Å²) >= 11 is 3.43. The molecule has 1 aromatic carbocycles. The van der Waals surface area contributed by atoms with E-state index in [1.54, 1.807) is 6.20 Å². The van der Waals surface area contributed by atoms with Gasteiger partial charge in [0, 0.05) is 42.8 Å². The van der Waals surface area contributed by atoms with Gasteiger partial charge in [-0.15, -0.1) is 0 Å². The molecule has 0 unspecified atom stereocenters. The predicted molar refractivity (Wildman–Crippen MR) is 104 cm³/mol.